The van der Waals surface area contributed by atoms with Crippen molar-refractivity contribution in [2.24, 2.45) is 0 Å². The summed E-state index contributed by atoms with van der Waals surface area (Å²) in [7, 11) is 3.99. The van der Waals surface area contributed by atoms with Gasteiger partial charge in [-0.05, 0) is 55.8 Å². The van der Waals surface area contributed by atoms with E-state index in [0.29, 0.717) is 12.1 Å². The largest absolute Gasteiger partial charge is 0.347 e. The van der Waals surface area contributed by atoms with Crippen molar-refractivity contribution >= 4 is 28.5 Å². The fourth-order valence-electron chi connectivity index (χ4n) is 2.69. The maximum Gasteiger partial charge on any atom is 0.225 e. The van der Waals surface area contributed by atoms with Gasteiger partial charge in [-0.1, -0.05) is 6.42 Å². The molecule has 4 nitrogen and oxygen atoms in total. The SMILES string of the molecule is CC(C)N1CCCCC1c1nc(N(C)C)ncc1I. The van der Waals surface area contributed by atoms with Crippen LogP contribution in [-0.4, -0.2) is 41.5 Å². The first kappa shape index (κ1) is 15.0. The smallest absolute Gasteiger partial charge is 0.225 e. The Balaban J connectivity index is 2.35. The molecule has 2 rings (SSSR count). The van der Waals surface area contributed by atoms with Crippen LogP contribution >= 0.6 is 22.6 Å². The van der Waals surface area contributed by atoms with Gasteiger partial charge in [0.1, 0.15) is 0 Å². The summed E-state index contributed by atoms with van der Waals surface area (Å²) in [5.74, 6) is 0.810. The molecule has 5 heteroatoms. The molecule has 0 N–H and O–H groups in total. The molecular weight excluding hydrogens is 351 g/mol. The molecule has 0 saturated carbocycles. The lowest BCUT2D eigenvalue weighted by molar-refractivity contribution is 0.108. The summed E-state index contributed by atoms with van der Waals surface area (Å²) in [6, 6.07) is 1.02. The minimum atomic E-state index is 0.447. The molecule has 19 heavy (non-hydrogen) atoms. The van der Waals surface area contributed by atoms with Crippen LogP contribution in [-0.2, 0) is 0 Å². The molecule has 1 unspecified atom stereocenters. The average molecular weight is 374 g/mol. The van der Waals surface area contributed by atoms with E-state index in [-0.39, 0.29) is 0 Å². The first-order valence-corrected chi connectivity index (χ1v) is 8.04. The Labute approximate surface area is 129 Å². The summed E-state index contributed by atoms with van der Waals surface area (Å²) in [5.41, 5.74) is 1.20. The molecule has 1 saturated heterocycles. The molecule has 106 valence electrons. The van der Waals surface area contributed by atoms with Crippen LogP contribution in [0.4, 0.5) is 5.95 Å². The number of anilines is 1. The summed E-state index contributed by atoms with van der Waals surface area (Å²) in [5, 5.41) is 0. The average Bonchev–Trinajstić information content (AvgIpc) is 2.39. The highest BCUT2D eigenvalue weighted by atomic mass is 127. The summed E-state index contributed by atoms with van der Waals surface area (Å²) in [4.78, 5) is 13.7. The zero-order chi connectivity index (χ0) is 14.0. The summed E-state index contributed by atoms with van der Waals surface area (Å²) < 4.78 is 1.18. The van der Waals surface area contributed by atoms with Crippen LogP contribution in [0.2, 0.25) is 0 Å². The van der Waals surface area contributed by atoms with E-state index < -0.39 is 0 Å². The van der Waals surface area contributed by atoms with E-state index in [2.05, 4.69) is 46.3 Å². The molecule has 0 aromatic carbocycles. The van der Waals surface area contributed by atoms with Gasteiger partial charge in [0, 0.05) is 26.3 Å². The van der Waals surface area contributed by atoms with Crippen molar-refractivity contribution in [3.05, 3.63) is 15.5 Å². The second-order valence-corrected chi connectivity index (χ2v) is 6.80. The van der Waals surface area contributed by atoms with E-state index in [1.807, 2.05) is 25.2 Å². The molecule has 1 atom stereocenters. The zero-order valence-corrected chi connectivity index (χ0v) is 14.4. The van der Waals surface area contributed by atoms with Crippen molar-refractivity contribution in [2.75, 3.05) is 25.5 Å². The van der Waals surface area contributed by atoms with Crippen molar-refractivity contribution in [1.29, 1.82) is 0 Å². The molecule has 0 aliphatic carbocycles. The molecule has 0 bridgehead atoms. The Bertz CT molecular complexity index is 433. The molecule has 1 fully saturated rings. The predicted molar refractivity (Wildman–Crippen MR) is 87.5 cm³/mol. The normalized spacial score (nSPS) is 20.8. The van der Waals surface area contributed by atoms with Crippen LogP contribution in [0.5, 0.6) is 0 Å². The molecule has 1 aliphatic rings. The lowest BCUT2D eigenvalue weighted by Crippen LogP contribution is -2.39. The third-order valence-electron chi connectivity index (χ3n) is 3.68. The topological polar surface area (TPSA) is 32.3 Å². The molecule has 2 heterocycles. The van der Waals surface area contributed by atoms with Crippen LogP contribution in [0.25, 0.3) is 0 Å². The van der Waals surface area contributed by atoms with E-state index in [1.165, 1.54) is 35.1 Å². The van der Waals surface area contributed by atoms with E-state index in [4.69, 9.17) is 4.98 Å². The van der Waals surface area contributed by atoms with Gasteiger partial charge in [-0.15, -0.1) is 0 Å². The summed E-state index contributed by atoms with van der Waals surface area (Å²) >= 11 is 2.37. The first-order chi connectivity index (χ1) is 9.00. The number of halogens is 1. The van der Waals surface area contributed by atoms with Crippen LogP contribution in [0.1, 0.15) is 44.8 Å². The number of piperidine rings is 1. The number of rotatable bonds is 3. The van der Waals surface area contributed by atoms with Crippen molar-refractivity contribution in [1.82, 2.24) is 14.9 Å². The molecule has 1 aromatic heterocycles. The monoisotopic (exact) mass is 374 g/mol. The Morgan fingerprint density at radius 1 is 1.37 bits per heavy atom. The van der Waals surface area contributed by atoms with E-state index in [9.17, 15) is 0 Å². The third-order valence-corrected chi connectivity index (χ3v) is 4.51. The van der Waals surface area contributed by atoms with Gasteiger partial charge in [0.2, 0.25) is 5.95 Å². The van der Waals surface area contributed by atoms with Crippen LogP contribution in [0.3, 0.4) is 0 Å². The van der Waals surface area contributed by atoms with Crippen molar-refractivity contribution in [3.63, 3.8) is 0 Å². The number of aromatic nitrogens is 2. The van der Waals surface area contributed by atoms with Crippen LogP contribution in [0, 0.1) is 3.57 Å². The quantitative estimate of drug-likeness (QED) is 0.762. The Hall–Kier alpha value is -0.430. The highest BCUT2D eigenvalue weighted by molar-refractivity contribution is 14.1. The Morgan fingerprint density at radius 2 is 2.11 bits per heavy atom. The standard InChI is InChI=1S/C14H23IN4/c1-10(2)19-8-6-5-7-12(19)13-11(15)9-16-14(17-13)18(3)4/h9-10,12H,5-8H2,1-4H3. The number of likely N-dealkylation sites (tertiary alicyclic amines) is 1. The molecule has 0 amide bonds. The lowest BCUT2D eigenvalue weighted by atomic mass is 9.97. The fraction of sp³-hybridized carbons (Fsp3) is 0.714. The molecule has 1 aromatic rings. The van der Waals surface area contributed by atoms with Gasteiger partial charge in [0.25, 0.3) is 0 Å². The van der Waals surface area contributed by atoms with Gasteiger partial charge in [0.15, 0.2) is 0 Å². The third kappa shape index (κ3) is 3.37. The van der Waals surface area contributed by atoms with E-state index in [1.54, 1.807) is 0 Å². The molecule has 0 radical (unpaired) electrons. The lowest BCUT2D eigenvalue weighted by Gasteiger charge is -2.38. The second kappa shape index (κ2) is 6.35. The highest BCUT2D eigenvalue weighted by Gasteiger charge is 2.28. The minimum Gasteiger partial charge on any atom is -0.347 e. The van der Waals surface area contributed by atoms with Gasteiger partial charge < -0.3 is 4.90 Å². The summed E-state index contributed by atoms with van der Waals surface area (Å²) in [6.07, 6.45) is 5.76. The minimum absolute atomic E-state index is 0.447. The van der Waals surface area contributed by atoms with Crippen molar-refractivity contribution in [3.8, 4) is 0 Å². The number of hydrogen-bond donors (Lipinski definition) is 0. The van der Waals surface area contributed by atoms with E-state index in [0.717, 1.165) is 5.95 Å². The van der Waals surface area contributed by atoms with Gasteiger partial charge in [-0.2, -0.15) is 0 Å². The van der Waals surface area contributed by atoms with E-state index >= 15 is 0 Å². The second-order valence-electron chi connectivity index (χ2n) is 5.64. The molecule has 1 aliphatic heterocycles. The van der Waals surface area contributed by atoms with Gasteiger partial charge in [-0.3, -0.25) is 4.90 Å². The number of nitrogens with zero attached hydrogens (tertiary/aromatic N) is 4. The Kier molecular flexibility index (Phi) is 5.00. The maximum absolute atomic E-state index is 4.79. The van der Waals surface area contributed by atoms with Crippen molar-refractivity contribution < 1.29 is 0 Å². The van der Waals surface area contributed by atoms with Crippen LogP contribution in [0.15, 0.2) is 6.20 Å². The molecular formula is C14H23IN4. The van der Waals surface area contributed by atoms with Crippen LogP contribution < -0.4 is 4.90 Å². The number of hydrogen-bond acceptors (Lipinski definition) is 4. The molecule has 0 spiro atoms. The predicted octanol–water partition coefficient (Wildman–Crippen LogP) is 3.08. The van der Waals surface area contributed by atoms with Gasteiger partial charge in [0.05, 0.1) is 15.3 Å². The van der Waals surface area contributed by atoms with Gasteiger partial charge in [-0.25, -0.2) is 9.97 Å². The maximum atomic E-state index is 4.79. The van der Waals surface area contributed by atoms with Crippen molar-refractivity contribution in [2.45, 2.75) is 45.2 Å². The highest BCUT2D eigenvalue weighted by Crippen LogP contribution is 2.33. The zero-order valence-electron chi connectivity index (χ0n) is 12.2. The van der Waals surface area contributed by atoms with Gasteiger partial charge >= 0.3 is 0 Å². The first-order valence-electron chi connectivity index (χ1n) is 6.96. The Morgan fingerprint density at radius 3 is 2.74 bits per heavy atom. The summed E-state index contributed by atoms with van der Waals surface area (Å²) in [6.45, 7) is 5.73. The fourth-order valence-corrected chi connectivity index (χ4v) is 3.30.